The van der Waals surface area contributed by atoms with Crippen molar-refractivity contribution >= 4 is 5.69 Å². The third-order valence-corrected chi connectivity index (χ3v) is 5.27. The first-order chi connectivity index (χ1) is 11.3. The lowest BCUT2D eigenvalue weighted by molar-refractivity contribution is 0.320. The summed E-state index contributed by atoms with van der Waals surface area (Å²) in [6.07, 6.45) is 6.24. The Kier molecular flexibility index (Phi) is 3.99. The molecule has 0 bridgehead atoms. The molecule has 4 rings (SSSR count). The van der Waals surface area contributed by atoms with Crippen LogP contribution in [0.5, 0.6) is 5.75 Å². The summed E-state index contributed by atoms with van der Waals surface area (Å²) in [4.78, 5) is 2.48. The van der Waals surface area contributed by atoms with Crippen LogP contribution in [0, 0.1) is 0 Å². The van der Waals surface area contributed by atoms with Crippen molar-refractivity contribution in [3.8, 4) is 5.75 Å². The van der Waals surface area contributed by atoms with E-state index in [0.29, 0.717) is 6.04 Å². The van der Waals surface area contributed by atoms with Crippen LogP contribution in [0.3, 0.4) is 0 Å². The second-order valence-electron chi connectivity index (χ2n) is 6.86. The van der Waals surface area contributed by atoms with E-state index in [1.807, 2.05) is 0 Å². The van der Waals surface area contributed by atoms with Crippen LogP contribution >= 0.6 is 0 Å². The minimum atomic E-state index is 0.569. The summed E-state index contributed by atoms with van der Waals surface area (Å²) >= 11 is 0. The smallest absolute Gasteiger partial charge is 0.119 e. The molecule has 2 aromatic carbocycles. The predicted molar refractivity (Wildman–Crippen MR) is 95.5 cm³/mol. The number of rotatable bonds is 4. The highest BCUT2D eigenvalue weighted by Gasteiger charge is 2.24. The molecule has 0 fully saturated rings. The molecule has 2 nitrogen and oxygen atoms in total. The van der Waals surface area contributed by atoms with Gasteiger partial charge in [0.2, 0.25) is 0 Å². The second-order valence-corrected chi connectivity index (χ2v) is 6.86. The van der Waals surface area contributed by atoms with Gasteiger partial charge < -0.3 is 9.64 Å². The SMILES string of the molecule is CC1Cc2ccccc2N1CCOc1ccc2c(c1)CCCC2. The number of nitrogens with zero attached hydrogens (tertiary/aromatic N) is 1. The summed E-state index contributed by atoms with van der Waals surface area (Å²) in [5.74, 6) is 1.03. The van der Waals surface area contributed by atoms with Gasteiger partial charge in [0.25, 0.3) is 0 Å². The minimum absolute atomic E-state index is 0.569. The van der Waals surface area contributed by atoms with Crippen LogP contribution in [-0.4, -0.2) is 19.2 Å². The highest BCUT2D eigenvalue weighted by atomic mass is 16.5. The second kappa shape index (κ2) is 6.27. The maximum absolute atomic E-state index is 6.06. The topological polar surface area (TPSA) is 12.5 Å². The van der Waals surface area contributed by atoms with E-state index in [1.54, 1.807) is 0 Å². The Hall–Kier alpha value is -1.96. The lowest BCUT2D eigenvalue weighted by atomic mass is 9.92. The molecule has 2 aromatic rings. The van der Waals surface area contributed by atoms with Crippen molar-refractivity contribution in [3.05, 3.63) is 59.2 Å². The summed E-state index contributed by atoms with van der Waals surface area (Å²) in [6, 6.07) is 16.0. The molecule has 0 saturated carbocycles. The zero-order chi connectivity index (χ0) is 15.6. The number of ether oxygens (including phenoxy) is 1. The Balaban J connectivity index is 1.39. The van der Waals surface area contributed by atoms with E-state index >= 15 is 0 Å². The Morgan fingerprint density at radius 3 is 2.74 bits per heavy atom. The highest BCUT2D eigenvalue weighted by molar-refractivity contribution is 5.59. The largest absolute Gasteiger partial charge is 0.492 e. The quantitative estimate of drug-likeness (QED) is 0.830. The Morgan fingerprint density at radius 2 is 1.83 bits per heavy atom. The molecule has 1 aliphatic heterocycles. The molecule has 0 radical (unpaired) electrons. The van der Waals surface area contributed by atoms with Crippen molar-refractivity contribution in [2.45, 2.75) is 45.1 Å². The molecule has 2 aliphatic rings. The lowest BCUT2D eigenvalue weighted by Gasteiger charge is -2.25. The first kappa shape index (κ1) is 14.6. The minimum Gasteiger partial charge on any atom is -0.492 e. The van der Waals surface area contributed by atoms with E-state index in [-0.39, 0.29) is 0 Å². The third kappa shape index (κ3) is 2.95. The van der Waals surface area contributed by atoms with Gasteiger partial charge in [0.15, 0.2) is 0 Å². The Labute approximate surface area is 139 Å². The van der Waals surface area contributed by atoms with Crippen LogP contribution in [0.15, 0.2) is 42.5 Å². The molecule has 1 heterocycles. The fourth-order valence-electron chi connectivity index (χ4n) is 4.03. The van der Waals surface area contributed by atoms with Crippen LogP contribution in [0.2, 0.25) is 0 Å². The summed E-state index contributed by atoms with van der Waals surface area (Å²) in [5.41, 5.74) is 5.86. The standard InChI is InChI=1S/C21H25NO/c1-16-14-19-8-4-5-9-21(19)22(16)12-13-23-20-11-10-17-6-2-3-7-18(17)15-20/h4-5,8-11,15-16H,2-3,6-7,12-14H2,1H3. The van der Waals surface area contributed by atoms with Crippen molar-refractivity contribution in [1.82, 2.24) is 0 Å². The molecular formula is C21H25NO. The molecule has 23 heavy (non-hydrogen) atoms. The molecule has 1 aliphatic carbocycles. The van der Waals surface area contributed by atoms with Gasteiger partial charge >= 0.3 is 0 Å². The summed E-state index contributed by atoms with van der Waals surface area (Å²) in [6.45, 7) is 4.01. The van der Waals surface area contributed by atoms with Crippen LogP contribution in [0.25, 0.3) is 0 Å². The van der Waals surface area contributed by atoms with Gasteiger partial charge in [-0.05, 0) is 73.9 Å². The van der Waals surface area contributed by atoms with Gasteiger partial charge in [0, 0.05) is 11.7 Å². The van der Waals surface area contributed by atoms with Crippen LogP contribution in [0.1, 0.15) is 36.5 Å². The van der Waals surface area contributed by atoms with Gasteiger partial charge in [-0.3, -0.25) is 0 Å². The van der Waals surface area contributed by atoms with E-state index in [2.05, 4.69) is 54.3 Å². The number of aryl methyl sites for hydroxylation is 2. The zero-order valence-electron chi connectivity index (χ0n) is 13.9. The fraction of sp³-hybridized carbons (Fsp3) is 0.429. The monoisotopic (exact) mass is 307 g/mol. The number of anilines is 1. The molecule has 0 aromatic heterocycles. The molecule has 120 valence electrons. The molecule has 2 heteroatoms. The number of para-hydroxylation sites is 1. The third-order valence-electron chi connectivity index (χ3n) is 5.27. The number of benzene rings is 2. The van der Waals surface area contributed by atoms with Crippen molar-refractivity contribution in [2.75, 3.05) is 18.1 Å². The maximum Gasteiger partial charge on any atom is 0.119 e. The van der Waals surface area contributed by atoms with Gasteiger partial charge in [-0.15, -0.1) is 0 Å². The number of hydrogen-bond acceptors (Lipinski definition) is 2. The molecule has 1 unspecified atom stereocenters. The van der Waals surface area contributed by atoms with Crippen molar-refractivity contribution < 1.29 is 4.74 Å². The number of hydrogen-bond donors (Lipinski definition) is 0. The van der Waals surface area contributed by atoms with E-state index in [9.17, 15) is 0 Å². The lowest BCUT2D eigenvalue weighted by Crippen LogP contribution is -2.33. The molecule has 0 N–H and O–H groups in total. The summed E-state index contributed by atoms with van der Waals surface area (Å²) in [7, 11) is 0. The van der Waals surface area contributed by atoms with Gasteiger partial charge in [-0.25, -0.2) is 0 Å². The van der Waals surface area contributed by atoms with Gasteiger partial charge in [0.05, 0.1) is 6.54 Å². The molecular weight excluding hydrogens is 282 g/mol. The van der Waals surface area contributed by atoms with Gasteiger partial charge in [-0.1, -0.05) is 24.3 Å². The predicted octanol–water partition coefficient (Wildman–Crippen LogP) is 4.40. The molecule has 0 spiro atoms. The van der Waals surface area contributed by atoms with Gasteiger partial charge in [0.1, 0.15) is 12.4 Å². The van der Waals surface area contributed by atoms with Crippen LogP contribution in [0.4, 0.5) is 5.69 Å². The Bertz CT molecular complexity index is 694. The molecule has 0 amide bonds. The van der Waals surface area contributed by atoms with Gasteiger partial charge in [-0.2, -0.15) is 0 Å². The van der Waals surface area contributed by atoms with E-state index in [1.165, 1.54) is 48.1 Å². The Morgan fingerprint density at radius 1 is 1.00 bits per heavy atom. The normalized spacial score (nSPS) is 19.3. The van der Waals surface area contributed by atoms with Crippen molar-refractivity contribution in [3.63, 3.8) is 0 Å². The van der Waals surface area contributed by atoms with Crippen molar-refractivity contribution in [1.29, 1.82) is 0 Å². The number of fused-ring (bicyclic) bond motifs is 2. The first-order valence-corrected chi connectivity index (χ1v) is 8.90. The van der Waals surface area contributed by atoms with E-state index < -0.39 is 0 Å². The summed E-state index contributed by atoms with van der Waals surface area (Å²) < 4.78 is 6.06. The highest BCUT2D eigenvalue weighted by Crippen LogP contribution is 2.31. The van der Waals surface area contributed by atoms with Crippen molar-refractivity contribution in [2.24, 2.45) is 0 Å². The van der Waals surface area contributed by atoms with Crippen LogP contribution < -0.4 is 9.64 Å². The van der Waals surface area contributed by atoms with E-state index in [4.69, 9.17) is 4.74 Å². The van der Waals surface area contributed by atoms with Crippen LogP contribution in [-0.2, 0) is 19.3 Å². The summed E-state index contributed by atoms with van der Waals surface area (Å²) in [5, 5.41) is 0. The molecule has 1 atom stereocenters. The first-order valence-electron chi connectivity index (χ1n) is 8.90. The van der Waals surface area contributed by atoms with E-state index in [0.717, 1.165) is 25.3 Å². The average molecular weight is 307 g/mol. The average Bonchev–Trinajstić information content (AvgIpc) is 2.90. The zero-order valence-corrected chi connectivity index (χ0v) is 13.9. The maximum atomic E-state index is 6.06. The molecule has 0 saturated heterocycles. The fourth-order valence-corrected chi connectivity index (χ4v) is 4.03.